The van der Waals surface area contributed by atoms with Gasteiger partial charge in [0.05, 0.1) is 5.56 Å². The summed E-state index contributed by atoms with van der Waals surface area (Å²) < 4.78 is 13.2. The van der Waals surface area contributed by atoms with Crippen molar-refractivity contribution in [2.24, 2.45) is 0 Å². The maximum absolute atomic E-state index is 13.2. The van der Waals surface area contributed by atoms with Gasteiger partial charge in [0.15, 0.2) is 5.78 Å². The number of fused-ring (bicyclic) bond motifs is 1. The van der Waals surface area contributed by atoms with Gasteiger partial charge in [-0.05, 0) is 19.1 Å². The first-order valence-corrected chi connectivity index (χ1v) is 4.26. The molecule has 1 atom stereocenters. The van der Waals surface area contributed by atoms with E-state index >= 15 is 0 Å². The molecule has 0 fully saturated rings. The number of nitrogens with one attached hydrogen (secondary N) is 1. The fraction of sp³-hybridized carbons (Fsp3) is 0.300. The number of rotatable bonds is 0. The Bertz CT molecular complexity index is 362. The number of Topliss-reactive ketones (excluding diaryl/α,β-unsaturated/α-hetero) is 1. The third-order valence-electron chi connectivity index (χ3n) is 2.19. The zero-order valence-corrected chi connectivity index (χ0v) is 7.30. The van der Waals surface area contributed by atoms with Gasteiger partial charge in [-0.2, -0.15) is 0 Å². The van der Waals surface area contributed by atoms with Crippen molar-refractivity contribution in [3.8, 4) is 0 Å². The number of hydrogen-bond acceptors (Lipinski definition) is 2. The number of halogens is 1. The topological polar surface area (TPSA) is 29.1 Å². The molecule has 1 unspecified atom stereocenters. The van der Waals surface area contributed by atoms with E-state index in [1.807, 2.05) is 6.92 Å². The Morgan fingerprint density at radius 3 is 3.08 bits per heavy atom. The fourth-order valence-electron chi connectivity index (χ4n) is 1.62. The van der Waals surface area contributed by atoms with Crippen molar-refractivity contribution >= 4 is 11.5 Å². The number of benzene rings is 1. The van der Waals surface area contributed by atoms with Crippen LogP contribution in [0, 0.1) is 5.82 Å². The Morgan fingerprint density at radius 2 is 2.31 bits per heavy atom. The molecule has 0 saturated carbocycles. The minimum absolute atomic E-state index is 0.0989. The molecule has 0 amide bonds. The second-order valence-electron chi connectivity index (χ2n) is 3.34. The van der Waals surface area contributed by atoms with Gasteiger partial charge < -0.3 is 5.32 Å². The molecule has 1 aliphatic rings. The lowest BCUT2D eigenvalue weighted by molar-refractivity contribution is 0.0970. The molecule has 13 heavy (non-hydrogen) atoms. The molecule has 0 bridgehead atoms. The molecule has 1 heterocycles. The summed E-state index contributed by atoms with van der Waals surface area (Å²) in [5.74, 6) is -0.541. The average Bonchev–Trinajstić information content (AvgIpc) is 2.02. The molecular weight excluding hydrogens is 169 g/mol. The van der Waals surface area contributed by atoms with Gasteiger partial charge in [-0.3, -0.25) is 4.79 Å². The van der Waals surface area contributed by atoms with Crippen LogP contribution in [-0.4, -0.2) is 11.8 Å². The first kappa shape index (κ1) is 8.23. The predicted octanol–water partition coefficient (Wildman–Crippen LogP) is 2.21. The lowest BCUT2D eigenvalue weighted by Crippen LogP contribution is -2.27. The van der Waals surface area contributed by atoms with Crippen molar-refractivity contribution in [1.29, 1.82) is 0 Å². The van der Waals surface area contributed by atoms with Crippen molar-refractivity contribution in [2.75, 3.05) is 5.32 Å². The summed E-state index contributed by atoms with van der Waals surface area (Å²) in [6.07, 6.45) is 0.369. The van der Waals surface area contributed by atoms with E-state index in [1.54, 1.807) is 12.1 Å². The molecule has 2 rings (SSSR count). The second-order valence-corrected chi connectivity index (χ2v) is 3.34. The van der Waals surface area contributed by atoms with Gasteiger partial charge in [0.25, 0.3) is 0 Å². The van der Waals surface area contributed by atoms with Crippen LogP contribution in [0.5, 0.6) is 0 Å². The summed E-state index contributed by atoms with van der Waals surface area (Å²) >= 11 is 0. The smallest absolute Gasteiger partial charge is 0.169 e. The van der Waals surface area contributed by atoms with E-state index in [1.165, 1.54) is 6.07 Å². The SMILES string of the molecule is CC1CC(=O)c2c(F)cccc2N1. The standard InChI is InChI=1S/C10H10FNO/c1-6-5-9(13)10-7(11)3-2-4-8(10)12-6/h2-4,6,12H,5H2,1H3. The van der Waals surface area contributed by atoms with Crippen LogP contribution in [0.15, 0.2) is 18.2 Å². The van der Waals surface area contributed by atoms with Crippen LogP contribution in [0.1, 0.15) is 23.7 Å². The van der Waals surface area contributed by atoms with Crippen molar-refractivity contribution in [2.45, 2.75) is 19.4 Å². The van der Waals surface area contributed by atoms with Crippen LogP contribution >= 0.6 is 0 Å². The summed E-state index contributed by atoms with van der Waals surface area (Å²) in [5, 5.41) is 3.07. The van der Waals surface area contributed by atoms with Gasteiger partial charge in [-0.25, -0.2) is 4.39 Å². The Balaban J connectivity index is 2.55. The maximum atomic E-state index is 13.2. The Kier molecular flexibility index (Phi) is 1.79. The van der Waals surface area contributed by atoms with Gasteiger partial charge in [0.1, 0.15) is 5.82 Å². The van der Waals surface area contributed by atoms with Gasteiger partial charge in [0.2, 0.25) is 0 Å². The first-order valence-electron chi connectivity index (χ1n) is 4.26. The zero-order chi connectivity index (χ0) is 9.42. The number of ketones is 1. The molecule has 0 aliphatic carbocycles. The summed E-state index contributed by atoms with van der Waals surface area (Å²) in [6, 6.07) is 4.74. The molecule has 0 radical (unpaired) electrons. The highest BCUT2D eigenvalue weighted by Crippen LogP contribution is 2.26. The largest absolute Gasteiger partial charge is 0.381 e. The van der Waals surface area contributed by atoms with Crippen LogP contribution in [0.25, 0.3) is 0 Å². The van der Waals surface area contributed by atoms with Crippen LogP contribution in [-0.2, 0) is 0 Å². The lowest BCUT2D eigenvalue weighted by Gasteiger charge is -2.22. The quantitative estimate of drug-likeness (QED) is 0.661. The molecule has 3 heteroatoms. The molecule has 0 aromatic heterocycles. The molecule has 68 valence electrons. The molecule has 1 aromatic rings. The normalized spacial score (nSPS) is 20.8. The minimum Gasteiger partial charge on any atom is -0.381 e. The monoisotopic (exact) mass is 179 g/mol. The van der Waals surface area contributed by atoms with Crippen molar-refractivity contribution in [1.82, 2.24) is 0 Å². The van der Waals surface area contributed by atoms with Gasteiger partial charge >= 0.3 is 0 Å². The van der Waals surface area contributed by atoms with Crippen molar-refractivity contribution in [3.63, 3.8) is 0 Å². The number of anilines is 1. The zero-order valence-electron chi connectivity index (χ0n) is 7.30. The van der Waals surface area contributed by atoms with Crippen molar-refractivity contribution in [3.05, 3.63) is 29.6 Å². The summed E-state index contributed by atoms with van der Waals surface area (Å²) in [5.41, 5.74) is 0.823. The van der Waals surface area contributed by atoms with E-state index in [2.05, 4.69) is 5.32 Å². The third kappa shape index (κ3) is 1.30. The van der Waals surface area contributed by atoms with E-state index in [4.69, 9.17) is 0 Å². The van der Waals surface area contributed by atoms with E-state index in [9.17, 15) is 9.18 Å². The molecule has 0 saturated heterocycles. The van der Waals surface area contributed by atoms with Crippen LogP contribution in [0.4, 0.5) is 10.1 Å². The summed E-state index contributed by atoms with van der Waals surface area (Å²) in [6.45, 7) is 1.91. The van der Waals surface area contributed by atoms with E-state index in [0.29, 0.717) is 12.1 Å². The van der Waals surface area contributed by atoms with Crippen LogP contribution in [0.2, 0.25) is 0 Å². The minimum atomic E-state index is -0.429. The predicted molar refractivity (Wildman–Crippen MR) is 48.4 cm³/mol. The third-order valence-corrected chi connectivity index (χ3v) is 2.19. The summed E-state index contributed by atoms with van der Waals surface area (Å²) in [7, 11) is 0. The summed E-state index contributed by atoms with van der Waals surface area (Å²) in [4.78, 5) is 11.4. The molecule has 1 aromatic carbocycles. The highest BCUT2D eigenvalue weighted by atomic mass is 19.1. The highest BCUT2D eigenvalue weighted by Gasteiger charge is 2.24. The van der Waals surface area contributed by atoms with Crippen molar-refractivity contribution < 1.29 is 9.18 Å². The van der Waals surface area contributed by atoms with Gasteiger partial charge in [-0.1, -0.05) is 6.07 Å². The second kappa shape index (κ2) is 2.83. The molecular formula is C10H10FNO. The molecule has 1 N–H and O–H groups in total. The van der Waals surface area contributed by atoms with Gasteiger partial charge in [0, 0.05) is 18.2 Å². The Labute approximate surface area is 75.8 Å². The molecule has 2 nitrogen and oxygen atoms in total. The first-order chi connectivity index (χ1) is 6.18. The maximum Gasteiger partial charge on any atom is 0.169 e. The number of carbonyl (C=O) groups excluding carboxylic acids is 1. The molecule has 0 spiro atoms. The number of hydrogen-bond donors (Lipinski definition) is 1. The van der Waals surface area contributed by atoms with E-state index in [0.717, 1.165) is 0 Å². The van der Waals surface area contributed by atoms with Gasteiger partial charge in [-0.15, -0.1) is 0 Å². The average molecular weight is 179 g/mol. The Morgan fingerprint density at radius 1 is 1.54 bits per heavy atom. The molecule has 1 aliphatic heterocycles. The number of carbonyl (C=O) groups is 1. The fourth-order valence-corrected chi connectivity index (χ4v) is 1.62. The lowest BCUT2D eigenvalue weighted by atomic mass is 9.97. The Hall–Kier alpha value is -1.38. The highest BCUT2D eigenvalue weighted by molar-refractivity contribution is 6.03. The van der Waals surface area contributed by atoms with E-state index < -0.39 is 5.82 Å². The van der Waals surface area contributed by atoms with Crippen LogP contribution in [0.3, 0.4) is 0 Å². The van der Waals surface area contributed by atoms with Crippen LogP contribution < -0.4 is 5.32 Å². The van der Waals surface area contributed by atoms with E-state index in [-0.39, 0.29) is 17.4 Å².